The average Bonchev–Trinajstić information content (AvgIpc) is 3.15. The Morgan fingerprint density at radius 1 is 1.09 bits per heavy atom. The molecule has 2 aromatic carbocycles. The second kappa shape index (κ2) is 11.4. The van der Waals surface area contributed by atoms with Gasteiger partial charge in [-0.15, -0.1) is 10.2 Å². The molecular weight excluding hydrogens is 444 g/mol. The van der Waals surface area contributed by atoms with E-state index >= 15 is 0 Å². The number of hydrogen-bond donors (Lipinski definition) is 1. The molecule has 0 spiro atoms. The maximum atomic E-state index is 12.4. The quantitative estimate of drug-likeness (QED) is 0.353. The molecule has 9 nitrogen and oxygen atoms in total. The molecule has 0 atom stereocenters. The van der Waals surface area contributed by atoms with Crippen molar-refractivity contribution in [2.45, 2.75) is 31.7 Å². The highest BCUT2D eigenvalue weighted by Gasteiger charge is 2.14. The van der Waals surface area contributed by atoms with Crippen molar-refractivity contribution in [1.29, 1.82) is 0 Å². The summed E-state index contributed by atoms with van der Waals surface area (Å²) in [5, 5.41) is 11.6. The van der Waals surface area contributed by atoms with E-state index in [1.54, 1.807) is 49.8 Å². The number of carbonyl (C=O) groups excluding carboxylic acids is 2. The van der Waals surface area contributed by atoms with Crippen LogP contribution in [-0.4, -0.2) is 45.6 Å². The first-order valence-corrected chi connectivity index (χ1v) is 11.2. The van der Waals surface area contributed by atoms with Crippen molar-refractivity contribution in [3.05, 3.63) is 59.9 Å². The number of nitrogens with one attached hydrogen (secondary N) is 1. The zero-order chi connectivity index (χ0) is 23.8. The lowest BCUT2D eigenvalue weighted by Gasteiger charge is -2.10. The third-order valence-corrected chi connectivity index (χ3v) is 5.43. The highest BCUT2D eigenvalue weighted by molar-refractivity contribution is 7.99. The smallest absolute Gasteiger partial charge is 0.338 e. The molecule has 0 saturated carbocycles. The number of rotatable bonds is 10. The summed E-state index contributed by atoms with van der Waals surface area (Å²) in [7, 11) is 3.39. The summed E-state index contributed by atoms with van der Waals surface area (Å²) >= 11 is 1.25. The topological polar surface area (TPSA) is 105 Å². The maximum Gasteiger partial charge on any atom is 0.338 e. The van der Waals surface area contributed by atoms with E-state index in [9.17, 15) is 9.59 Å². The van der Waals surface area contributed by atoms with Gasteiger partial charge in [0.1, 0.15) is 6.61 Å². The lowest BCUT2D eigenvalue weighted by Crippen LogP contribution is -2.16. The number of carbonyl (C=O) groups is 2. The number of esters is 1. The first kappa shape index (κ1) is 24.1. The van der Waals surface area contributed by atoms with E-state index in [0.29, 0.717) is 33.7 Å². The standard InChI is InChI=1S/C23H26N4O5S/c1-15(2)32-22(29)16-8-7-9-17(12-16)24-21(28)14-33-23-26-25-20(27(23)3)13-31-19-11-6-5-10-18(19)30-4/h5-12,15H,13-14H2,1-4H3,(H,24,28). The number of hydrogen-bond acceptors (Lipinski definition) is 8. The molecule has 33 heavy (non-hydrogen) atoms. The second-order valence-corrected chi connectivity index (χ2v) is 8.21. The van der Waals surface area contributed by atoms with E-state index < -0.39 is 5.97 Å². The number of nitrogens with zero attached hydrogens (tertiary/aromatic N) is 3. The number of thioether (sulfide) groups is 1. The molecule has 0 aliphatic carbocycles. The van der Waals surface area contributed by atoms with Crippen LogP contribution in [0.3, 0.4) is 0 Å². The normalized spacial score (nSPS) is 10.7. The molecule has 0 fully saturated rings. The van der Waals surface area contributed by atoms with E-state index in [-0.39, 0.29) is 24.4 Å². The lowest BCUT2D eigenvalue weighted by atomic mass is 10.2. The van der Waals surface area contributed by atoms with Crippen molar-refractivity contribution < 1.29 is 23.8 Å². The van der Waals surface area contributed by atoms with Gasteiger partial charge in [-0.1, -0.05) is 30.0 Å². The van der Waals surface area contributed by atoms with E-state index in [1.807, 2.05) is 31.3 Å². The van der Waals surface area contributed by atoms with E-state index in [0.717, 1.165) is 0 Å². The average molecular weight is 471 g/mol. The Hall–Kier alpha value is -3.53. The number of para-hydroxylation sites is 2. The van der Waals surface area contributed by atoms with Crippen LogP contribution in [0.1, 0.15) is 30.0 Å². The minimum Gasteiger partial charge on any atom is -0.493 e. The summed E-state index contributed by atoms with van der Waals surface area (Å²) in [5.41, 5.74) is 0.893. The summed E-state index contributed by atoms with van der Waals surface area (Å²) in [6.07, 6.45) is -0.219. The number of aromatic nitrogens is 3. The van der Waals surface area contributed by atoms with Gasteiger partial charge in [0.25, 0.3) is 0 Å². The molecule has 0 aliphatic rings. The number of anilines is 1. The Morgan fingerprint density at radius 2 is 1.85 bits per heavy atom. The summed E-state index contributed by atoms with van der Waals surface area (Å²) in [6, 6.07) is 14.0. The molecule has 3 rings (SSSR count). The largest absolute Gasteiger partial charge is 0.493 e. The van der Waals surface area contributed by atoms with Gasteiger partial charge in [-0.2, -0.15) is 0 Å². The maximum absolute atomic E-state index is 12.4. The Balaban J connectivity index is 1.54. The van der Waals surface area contributed by atoms with Crippen molar-refractivity contribution in [3.63, 3.8) is 0 Å². The van der Waals surface area contributed by atoms with E-state index in [1.165, 1.54) is 11.8 Å². The predicted octanol–water partition coefficient (Wildman–Crippen LogP) is 3.70. The molecule has 0 aliphatic heterocycles. The zero-order valence-electron chi connectivity index (χ0n) is 18.9. The Morgan fingerprint density at radius 3 is 2.58 bits per heavy atom. The minimum absolute atomic E-state index is 0.125. The number of benzene rings is 2. The van der Waals surface area contributed by atoms with Gasteiger partial charge in [0, 0.05) is 12.7 Å². The summed E-state index contributed by atoms with van der Waals surface area (Å²) in [6.45, 7) is 3.77. The Labute approximate surface area is 196 Å². The van der Waals surface area contributed by atoms with E-state index in [4.69, 9.17) is 14.2 Å². The van der Waals surface area contributed by atoms with Crippen molar-refractivity contribution in [2.75, 3.05) is 18.2 Å². The second-order valence-electron chi connectivity index (χ2n) is 7.27. The third kappa shape index (κ3) is 6.72. The fourth-order valence-corrected chi connectivity index (χ4v) is 3.54. The molecule has 0 bridgehead atoms. The van der Waals surface area contributed by atoms with E-state index in [2.05, 4.69) is 15.5 Å². The number of ether oxygens (including phenoxy) is 3. The molecular formula is C23H26N4O5S. The van der Waals surface area contributed by atoms with Crippen LogP contribution in [-0.2, 0) is 23.2 Å². The molecule has 1 N–H and O–H groups in total. The van der Waals surface area contributed by atoms with Crippen LogP contribution in [0.25, 0.3) is 0 Å². The first-order valence-electron chi connectivity index (χ1n) is 10.2. The van der Waals surface area contributed by atoms with Gasteiger partial charge in [0.05, 0.1) is 24.5 Å². The minimum atomic E-state index is -0.433. The van der Waals surface area contributed by atoms with Gasteiger partial charge >= 0.3 is 5.97 Å². The molecule has 0 saturated heterocycles. The van der Waals surface area contributed by atoms with Crippen LogP contribution < -0.4 is 14.8 Å². The van der Waals surface area contributed by atoms with Gasteiger partial charge in [-0.05, 0) is 44.2 Å². The van der Waals surface area contributed by atoms with Gasteiger partial charge in [0.2, 0.25) is 5.91 Å². The monoisotopic (exact) mass is 470 g/mol. The summed E-state index contributed by atoms with van der Waals surface area (Å²) in [5.74, 6) is 1.31. The molecule has 0 radical (unpaired) electrons. The van der Waals surface area contributed by atoms with Crippen LogP contribution in [0, 0.1) is 0 Å². The van der Waals surface area contributed by atoms with Crippen LogP contribution in [0.2, 0.25) is 0 Å². The number of amides is 1. The van der Waals surface area contributed by atoms with Crippen LogP contribution in [0.15, 0.2) is 53.7 Å². The van der Waals surface area contributed by atoms with Crippen molar-refractivity contribution >= 4 is 29.3 Å². The molecule has 0 unspecified atom stereocenters. The molecule has 10 heteroatoms. The van der Waals surface area contributed by atoms with Crippen molar-refractivity contribution in [3.8, 4) is 11.5 Å². The molecule has 174 valence electrons. The zero-order valence-corrected chi connectivity index (χ0v) is 19.7. The molecule has 3 aromatic rings. The van der Waals surface area contributed by atoms with Crippen LogP contribution >= 0.6 is 11.8 Å². The third-order valence-electron chi connectivity index (χ3n) is 4.41. The fourth-order valence-electron chi connectivity index (χ4n) is 2.81. The molecule has 1 amide bonds. The van der Waals surface area contributed by atoms with Gasteiger partial charge in [-0.3, -0.25) is 4.79 Å². The lowest BCUT2D eigenvalue weighted by molar-refractivity contribution is -0.113. The Bertz CT molecular complexity index is 1120. The molecule has 1 heterocycles. The van der Waals surface area contributed by atoms with Gasteiger partial charge in [0.15, 0.2) is 22.5 Å². The van der Waals surface area contributed by atoms with Gasteiger partial charge in [-0.25, -0.2) is 4.79 Å². The SMILES string of the molecule is COc1ccccc1OCc1nnc(SCC(=O)Nc2cccc(C(=O)OC(C)C)c2)n1C. The molecule has 1 aromatic heterocycles. The van der Waals surface area contributed by atoms with Crippen molar-refractivity contribution in [1.82, 2.24) is 14.8 Å². The van der Waals surface area contributed by atoms with Gasteiger partial charge < -0.3 is 24.1 Å². The number of methoxy groups -OCH3 is 1. The first-order chi connectivity index (χ1) is 15.9. The summed E-state index contributed by atoms with van der Waals surface area (Å²) in [4.78, 5) is 24.4. The van der Waals surface area contributed by atoms with Crippen molar-refractivity contribution in [2.24, 2.45) is 7.05 Å². The van der Waals surface area contributed by atoms with Crippen LogP contribution in [0.5, 0.6) is 11.5 Å². The fraction of sp³-hybridized carbons (Fsp3) is 0.304. The summed E-state index contributed by atoms with van der Waals surface area (Å²) < 4.78 is 18.0. The highest BCUT2D eigenvalue weighted by Crippen LogP contribution is 2.27. The highest BCUT2D eigenvalue weighted by atomic mass is 32.2. The van der Waals surface area contributed by atoms with Crippen LogP contribution in [0.4, 0.5) is 5.69 Å². The Kier molecular flexibility index (Phi) is 8.31. The predicted molar refractivity (Wildman–Crippen MR) is 125 cm³/mol.